The van der Waals surface area contributed by atoms with Crippen molar-refractivity contribution in [3.05, 3.63) is 97.1 Å². The third-order valence-corrected chi connectivity index (χ3v) is 5.97. The number of hydrogen-bond donors (Lipinski definition) is 0. The smallest absolute Gasteiger partial charge is 0.0428 e. The Morgan fingerprint density at radius 3 is 1.28 bits per heavy atom. The molecule has 5 aromatic rings. The average molecular weight is 336 g/mol. The van der Waals surface area contributed by atoms with Crippen LogP contribution in [0, 0.1) is 0 Å². The predicted molar refractivity (Wildman–Crippen MR) is 110 cm³/mol. The van der Waals surface area contributed by atoms with Crippen LogP contribution in [0.3, 0.4) is 0 Å². The minimum atomic E-state index is 1.29. The molecule has 0 saturated heterocycles. The molecule has 4 aromatic carbocycles. The lowest BCUT2D eigenvalue weighted by atomic mass is 10.0. The summed E-state index contributed by atoms with van der Waals surface area (Å²) in [4.78, 5) is 2.69. The molecule has 0 saturated carbocycles. The van der Waals surface area contributed by atoms with Crippen LogP contribution in [0.4, 0.5) is 0 Å². The molecule has 1 aromatic heterocycles. The predicted octanol–water partition coefficient (Wildman–Crippen LogP) is 7.39. The number of thiophene rings is 1. The second-order valence-corrected chi connectivity index (χ2v) is 7.26. The van der Waals surface area contributed by atoms with E-state index in [-0.39, 0.29) is 0 Å². The maximum Gasteiger partial charge on any atom is 0.0428 e. The first kappa shape index (κ1) is 14.4. The Morgan fingerprint density at radius 2 is 0.840 bits per heavy atom. The van der Waals surface area contributed by atoms with Gasteiger partial charge in [0.2, 0.25) is 0 Å². The maximum atomic E-state index is 2.34. The summed E-state index contributed by atoms with van der Waals surface area (Å²) in [6, 6.07) is 34.7. The van der Waals surface area contributed by atoms with Crippen molar-refractivity contribution in [3.8, 4) is 20.9 Å². The maximum absolute atomic E-state index is 2.34. The molecule has 0 aliphatic rings. The second kappa shape index (κ2) is 5.87. The van der Waals surface area contributed by atoms with E-state index in [0.29, 0.717) is 0 Å². The first-order valence-electron chi connectivity index (χ1n) is 8.46. The third kappa shape index (κ3) is 2.45. The van der Waals surface area contributed by atoms with Crippen LogP contribution >= 0.6 is 11.3 Å². The zero-order valence-electron chi connectivity index (χ0n) is 13.6. The lowest BCUT2D eigenvalue weighted by molar-refractivity contribution is 1.71. The average Bonchev–Trinajstić information content (AvgIpc) is 3.06. The molecule has 0 fully saturated rings. The van der Waals surface area contributed by atoms with E-state index in [2.05, 4.69) is 97.1 Å². The van der Waals surface area contributed by atoms with Gasteiger partial charge in [-0.05, 0) is 34.0 Å². The minimum Gasteiger partial charge on any atom is -0.134 e. The summed E-state index contributed by atoms with van der Waals surface area (Å²) in [5, 5.41) is 5.27. The van der Waals surface area contributed by atoms with Gasteiger partial charge in [0.15, 0.2) is 0 Å². The van der Waals surface area contributed by atoms with Crippen molar-refractivity contribution in [2.75, 3.05) is 0 Å². The SMILES string of the molecule is c1ccc(-c2sc(-c3ccccc3)c3cc4ccccc4cc23)cc1. The van der Waals surface area contributed by atoms with E-state index in [0.717, 1.165) is 0 Å². The molecule has 25 heavy (non-hydrogen) atoms. The molecular weight excluding hydrogens is 320 g/mol. The Labute approximate surface area is 151 Å². The number of benzene rings is 4. The minimum absolute atomic E-state index is 1.29. The van der Waals surface area contributed by atoms with E-state index in [4.69, 9.17) is 0 Å². The van der Waals surface area contributed by atoms with Gasteiger partial charge in [-0.15, -0.1) is 11.3 Å². The van der Waals surface area contributed by atoms with Gasteiger partial charge in [-0.25, -0.2) is 0 Å². The molecule has 0 radical (unpaired) electrons. The molecule has 0 atom stereocenters. The Hall–Kier alpha value is -2.90. The fraction of sp³-hybridized carbons (Fsp3) is 0. The van der Waals surface area contributed by atoms with Crippen molar-refractivity contribution in [1.82, 2.24) is 0 Å². The Morgan fingerprint density at radius 1 is 0.440 bits per heavy atom. The highest BCUT2D eigenvalue weighted by Gasteiger charge is 2.14. The topological polar surface area (TPSA) is 0 Å². The standard InChI is InChI=1S/C24H16S/c1-3-9-17(10-4-1)23-21-15-19-13-7-8-14-20(19)16-22(21)24(25-23)18-11-5-2-6-12-18/h1-16H. The molecule has 0 spiro atoms. The highest BCUT2D eigenvalue weighted by Crippen LogP contribution is 2.45. The fourth-order valence-corrected chi connectivity index (χ4v) is 4.71. The molecule has 0 aliphatic carbocycles. The van der Waals surface area contributed by atoms with Crippen LogP contribution in [-0.2, 0) is 0 Å². The Bertz CT molecular complexity index is 1080. The van der Waals surface area contributed by atoms with Crippen LogP contribution in [0.1, 0.15) is 0 Å². The molecule has 0 amide bonds. The molecule has 0 aliphatic heterocycles. The van der Waals surface area contributed by atoms with Crippen molar-refractivity contribution in [2.24, 2.45) is 0 Å². The van der Waals surface area contributed by atoms with E-state index in [1.165, 1.54) is 42.4 Å². The number of fused-ring (bicyclic) bond motifs is 2. The van der Waals surface area contributed by atoms with Crippen LogP contribution in [-0.4, -0.2) is 0 Å². The van der Waals surface area contributed by atoms with Crippen LogP contribution in [0.5, 0.6) is 0 Å². The largest absolute Gasteiger partial charge is 0.134 e. The quantitative estimate of drug-likeness (QED) is 0.315. The van der Waals surface area contributed by atoms with Gasteiger partial charge < -0.3 is 0 Å². The summed E-state index contributed by atoms with van der Waals surface area (Å²) in [6.07, 6.45) is 0. The number of rotatable bonds is 2. The zero-order valence-corrected chi connectivity index (χ0v) is 14.5. The Kier molecular flexibility index (Phi) is 3.39. The van der Waals surface area contributed by atoms with Gasteiger partial charge >= 0.3 is 0 Å². The van der Waals surface area contributed by atoms with Gasteiger partial charge in [0.25, 0.3) is 0 Å². The molecule has 1 heteroatoms. The van der Waals surface area contributed by atoms with Crippen LogP contribution in [0.15, 0.2) is 97.1 Å². The summed E-state index contributed by atoms with van der Waals surface area (Å²) in [6.45, 7) is 0. The zero-order chi connectivity index (χ0) is 16.6. The van der Waals surface area contributed by atoms with Crippen molar-refractivity contribution in [2.45, 2.75) is 0 Å². The van der Waals surface area contributed by atoms with Crippen molar-refractivity contribution in [1.29, 1.82) is 0 Å². The summed E-state index contributed by atoms with van der Waals surface area (Å²) < 4.78 is 0. The highest BCUT2D eigenvalue weighted by atomic mass is 32.1. The van der Waals surface area contributed by atoms with E-state index >= 15 is 0 Å². The van der Waals surface area contributed by atoms with Crippen molar-refractivity contribution >= 4 is 32.9 Å². The van der Waals surface area contributed by atoms with E-state index in [1.807, 2.05) is 11.3 Å². The molecule has 5 rings (SSSR count). The summed E-state index contributed by atoms with van der Waals surface area (Å²) in [7, 11) is 0. The van der Waals surface area contributed by atoms with Crippen LogP contribution in [0.25, 0.3) is 42.4 Å². The highest BCUT2D eigenvalue weighted by molar-refractivity contribution is 7.21. The first-order valence-corrected chi connectivity index (χ1v) is 9.28. The lowest BCUT2D eigenvalue weighted by Gasteiger charge is -2.02. The van der Waals surface area contributed by atoms with Gasteiger partial charge in [0.05, 0.1) is 0 Å². The van der Waals surface area contributed by atoms with Gasteiger partial charge in [0, 0.05) is 20.5 Å². The first-order chi connectivity index (χ1) is 12.4. The normalized spacial score (nSPS) is 11.2. The fourth-order valence-electron chi connectivity index (χ4n) is 3.44. The summed E-state index contributed by atoms with van der Waals surface area (Å²) >= 11 is 1.89. The molecule has 0 unspecified atom stereocenters. The third-order valence-electron chi connectivity index (χ3n) is 4.65. The molecule has 1 heterocycles. The number of hydrogen-bond acceptors (Lipinski definition) is 1. The van der Waals surface area contributed by atoms with Gasteiger partial charge in [-0.3, -0.25) is 0 Å². The second-order valence-electron chi connectivity index (χ2n) is 6.24. The van der Waals surface area contributed by atoms with Crippen LogP contribution < -0.4 is 0 Å². The summed E-state index contributed by atoms with van der Waals surface area (Å²) in [5.41, 5.74) is 2.57. The van der Waals surface area contributed by atoms with Gasteiger partial charge in [0.1, 0.15) is 0 Å². The molecule has 0 bridgehead atoms. The van der Waals surface area contributed by atoms with Crippen molar-refractivity contribution < 1.29 is 0 Å². The molecule has 118 valence electrons. The van der Waals surface area contributed by atoms with E-state index in [1.54, 1.807) is 0 Å². The van der Waals surface area contributed by atoms with Gasteiger partial charge in [-0.2, -0.15) is 0 Å². The molecular formula is C24H16S. The summed E-state index contributed by atoms with van der Waals surface area (Å²) in [5.74, 6) is 0. The molecule has 0 N–H and O–H groups in total. The Balaban J connectivity index is 1.89. The van der Waals surface area contributed by atoms with E-state index < -0.39 is 0 Å². The lowest BCUT2D eigenvalue weighted by Crippen LogP contribution is -1.77. The molecule has 0 nitrogen and oxygen atoms in total. The van der Waals surface area contributed by atoms with Crippen molar-refractivity contribution in [3.63, 3.8) is 0 Å². The van der Waals surface area contributed by atoms with E-state index in [9.17, 15) is 0 Å². The monoisotopic (exact) mass is 336 g/mol. The van der Waals surface area contributed by atoms with Crippen LogP contribution in [0.2, 0.25) is 0 Å². The van der Waals surface area contributed by atoms with Gasteiger partial charge in [-0.1, -0.05) is 84.9 Å².